The SMILES string of the molecule is [CH]=CC1C=Cc2ccccc21. The van der Waals surface area contributed by atoms with Crippen LogP contribution in [0.5, 0.6) is 0 Å². The summed E-state index contributed by atoms with van der Waals surface area (Å²) in [6.07, 6.45) is 5.95. The summed E-state index contributed by atoms with van der Waals surface area (Å²) in [5.41, 5.74) is 2.61. The van der Waals surface area contributed by atoms with E-state index in [9.17, 15) is 0 Å². The molecule has 1 aromatic carbocycles. The molecule has 0 aliphatic heterocycles. The summed E-state index contributed by atoms with van der Waals surface area (Å²) in [6, 6.07) is 8.31. The van der Waals surface area contributed by atoms with Gasteiger partial charge in [0.2, 0.25) is 0 Å². The maximum Gasteiger partial charge on any atom is 0.0211 e. The van der Waals surface area contributed by atoms with E-state index in [-0.39, 0.29) is 0 Å². The Morgan fingerprint density at radius 1 is 1.27 bits per heavy atom. The average Bonchev–Trinajstić information content (AvgIpc) is 2.47. The number of hydrogen-bond acceptors (Lipinski definition) is 0. The van der Waals surface area contributed by atoms with E-state index in [1.54, 1.807) is 6.08 Å². The number of fused-ring (bicyclic) bond motifs is 1. The standard InChI is InChI=1S/C11H9/c1-2-9-7-8-10-5-3-4-6-11(9)10/h1-9H. The Morgan fingerprint density at radius 2 is 2.09 bits per heavy atom. The first-order valence-corrected chi connectivity index (χ1v) is 3.74. The highest BCUT2D eigenvalue weighted by Gasteiger charge is 2.11. The maximum atomic E-state index is 5.47. The lowest BCUT2D eigenvalue weighted by Crippen LogP contribution is -1.86. The second-order valence-electron chi connectivity index (χ2n) is 2.71. The van der Waals surface area contributed by atoms with E-state index in [0.717, 1.165) is 0 Å². The minimum Gasteiger partial charge on any atom is -0.0732 e. The molecule has 2 rings (SSSR count). The summed E-state index contributed by atoms with van der Waals surface area (Å²) in [5.74, 6) is 0.325. The molecule has 0 heteroatoms. The van der Waals surface area contributed by atoms with Crippen LogP contribution in [-0.2, 0) is 0 Å². The molecule has 0 saturated heterocycles. The molecule has 0 nitrogen and oxygen atoms in total. The summed E-state index contributed by atoms with van der Waals surface area (Å²) in [4.78, 5) is 0. The summed E-state index contributed by atoms with van der Waals surface area (Å²) in [7, 11) is 0. The molecule has 0 bridgehead atoms. The van der Waals surface area contributed by atoms with Crippen LogP contribution in [0.25, 0.3) is 6.08 Å². The Hall–Kier alpha value is -1.30. The molecule has 0 aromatic heterocycles. The highest BCUT2D eigenvalue weighted by Crippen LogP contribution is 2.29. The molecule has 0 spiro atoms. The Balaban J connectivity index is 2.53. The Bertz CT molecular complexity index is 308. The van der Waals surface area contributed by atoms with Crippen LogP contribution in [0.3, 0.4) is 0 Å². The van der Waals surface area contributed by atoms with Gasteiger partial charge in [0.05, 0.1) is 0 Å². The molecule has 0 saturated carbocycles. The molecular formula is C11H9. The van der Waals surface area contributed by atoms with Crippen molar-refractivity contribution in [1.82, 2.24) is 0 Å². The first-order valence-electron chi connectivity index (χ1n) is 3.74. The van der Waals surface area contributed by atoms with Crippen LogP contribution in [-0.4, -0.2) is 0 Å². The van der Waals surface area contributed by atoms with Crippen molar-refractivity contribution in [1.29, 1.82) is 0 Å². The van der Waals surface area contributed by atoms with Gasteiger partial charge in [-0.1, -0.05) is 49.1 Å². The molecule has 1 radical (unpaired) electrons. The van der Waals surface area contributed by atoms with Crippen LogP contribution >= 0.6 is 0 Å². The lowest BCUT2D eigenvalue weighted by atomic mass is 10.0. The van der Waals surface area contributed by atoms with Gasteiger partial charge < -0.3 is 0 Å². The monoisotopic (exact) mass is 141 g/mol. The van der Waals surface area contributed by atoms with Gasteiger partial charge in [-0.3, -0.25) is 0 Å². The van der Waals surface area contributed by atoms with Gasteiger partial charge >= 0.3 is 0 Å². The van der Waals surface area contributed by atoms with Gasteiger partial charge in [-0.15, -0.1) is 0 Å². The van der Waals surface area contributed by atoms with Crippen LogP contribution < -0.4 is 0 Å². The van der Waals surface area contributed by atoms with E-state index in [1.165, 1.54) is 11.1 Å². The van der Waals surface area contributed by atoms with Gasteiger partial charge in [-0.25, -0.2) is 0 Å². The fraction of sp³-hybridized carbons (Fsp3) is 0.0909. The third-order valence-electron chi connectivity index (χ3n) is 2.05. The number of benzene rings is 1. The van der Waals surface area contributed by atoms with Gasteiger partial charge in [0, 0.05) is 5.92 Å². The lowest BCUT2D eigenvalue weighted by molar-refractivity contribution is 1.11. The predicted molar refractivity (Wildman–Crippen MR) is 47.1 cm³/mol. The van der Waals surface area contributed by atoms with Gasteiger partial charge in [0.25, 0.3) is 0 Å². The predicted octanol–water partition coefficient (Wildman–Crippen LogP) is 2.79. The van der Waals surface area contributed by atoms with Crippen molar-refractivity contribution >= 4 is 6.08 Å². The molecule has 1 aliphatic carbocycles. The summed E-state index contributed by atoms with van der Waals surface area (Å²) >= 11 is 0. The summed E-state index contributed by atoms with van der Waals surface area (Å²) in [5, 5.41) is 0. The number of allylic oxidation sites excluding steroid dienone is 2. The van der Waals surface area contributed by atoms with Gasteiger partial charge in [0.15, 0.2) is 0 Å². The Kier molecular flexibility index (Phi) is 1.39. The van der Waals surface area contributed by atoms with Crippen LogP contribution in [0.4, 0.5) is 0 Å². The molecule has 1 atom stereocenters. The van der Waals surface area contributed by atoms with E-state index >= 15 is 0 Å². The van der Waals surface area contributed by atoms with E-state index < -0.39 is 0 Å². The molecule has 1 unspecified atom stereocenters. The smallest absolute Gasteiger partial charge is 0.0211 e. The van der Waals surface area contributed by atoms with Crippen molar-refractivity contribution in [2.45, 2.75) is 5.92 Å². The van der Waals surface area contributed by atoms with E-state index in [1.807, 2.05) is 12.1 Å². The molecule has 0 heterocycles. The Labute approximate surface area is 66.9 Å². The third kappa shape index (κ3) is 0.911. The molecule has 0 amide bonds. The van der Waals surface area contributed by atoms with E-state index in [2.05, 4.69) is 24.3 Å². The molecule has 11 heavy (non-hydrogen) atoms. The molecular weight excluding hydrogens is 132 g/mol. The highest BCUT2D eigenvalue weighted by molar-refractivity contribution is 5.63. The minimum absolute atomic E-state index is 0.325. The zero-order valence-electron chi connectivity index (χ0n) is 6.20. The average molecular weight is 141 g/mol. The zero-order valence-corrected chi connectivity index (χ0v) is 6.20. The first-order chi connectivity index (χ1) is 5.42. The van der Waals surface area contributed by atoms with Crippen LogP contribution in [0.1, 0.15) is 17.0 Å². The van der Waals surface area contributed by atoms with Gasteiger partial charge in [-0.05, 0) is 11.1 Å². The fourth-order valence-electron chi connectivity index (χ4n) is 1.45. The van der Waals surface area contributed by atoms with Crippen molar-refractivity contribution in [2.75, 3.05) is 0 Å². The van der Waals surface area contributed by atoms with Gasteiger partial charge in [0.1, 0.15) is 0 Å². The largest absolute Gasteiger partial charge is 0.0732 e. The van der Waals surface area contributed by atoms with Crippen molar-refractivity contribution in [3.05, 3.63) is 54.1 Å². The quantitative estimate of drug-likeness (QED) is 0.564. The highest BCUT2D eigenvalue weighted by atomic mass is 14.2. The second-order valence-corrected chi connectivity index (χ2v) is 2.71. The maximum absolute atomic E-state index is 5.47. The molecule has 1 aliphatic rings. The minimum atomic E-state index is 0.325. The molecule has 0 N–H and O–H groups in total. The van der Waals surface area contributed by atoms with Crippen molar-refractivity contribution in [2.24, 2.45) is 0 Å². The molecule has 0 fully saturated rings. The van der Waals surface area contributed by atoms with Crippen LogP contribution in [0, 0.1) is 6.58 Å². The van der Waals surface area contributed by atoms with Crippen LogP contribution in [0.2, 0.25) is 0 Å². The van der Waals surface area contributed by atoms with Crippen LogP contribution in [0.15, 0.2) is 36.4 Å². The number of rotatable bonds is 1. The first kappa shape index (κ1) is 6.41. The van der Waals surface area contributed by atoms with Crippen molar-refractivity contribution < 1.29 is 0 Å². The third-order valence-corrected chi connectivity index (χ3v) is 2.05. The topological polar surface area (TPSA) is 0 Å². The lowest BCUT2D eigenvalue weighted by Gasteiger charge is -2.02. The fourth-order valence-corrected chi connectivity index (χ4v) is 1.45. The zero-order chi connectivity index (χ0) is 7.68. The number of hydrogen-bond donors (Lipinski definition) is 0. The second kappa shape index (κ2) is 2.39. The normalized spacial score (nSPS) is 19.8. The van der Waals surface area contributed by atoms with Crippen molar-refractivity contribution in [3.63, 3.8) is 0 Å². The summed E-state index contributed by atoms with van der Waals surface area (Å²) in [6.45, 7) is 5.47. The molecule has 53 valence electrons. The summed E-state index contributed by atoms with van der Waals surface area (Å²) < 4.78 is 0. The van der Waals surface area contributed by atoms with E-state index in [4.69, 9.17) is 6.58 Å². The molecule has 1 aromatic rings. The van der Waals surface area contributed by atoms with Gasteiger partial charge in [-0.2, -0.15) is 0 Å². The van der Waals surface area contributed by atoms with E-state index in [0.29, 0.717) is 5.92 Å². The Morgan fingerprint density at radius 3 is 2.91 bits per heavy atom. The van der Waals surface area contributed by atoms with Crippen molar-refractivity contribution in [3.8, 4) is 0 Å².